The topological polar surface area (TPSA) is 9.23 Å². The molecule has 0 fully saturated rings. The summed E-state index contributed by atoms with van der Waals surface area (Å²) in [7, 11) is 1.56. The number of allylic oxidation sites excluding steroid dienone is 3. The molecule has 0 atom stereocenters. The van der Waals surface area contributed by atoms with Crippen LogP contribution in [0.4, 0.5) is 0 Å². The van der Waals surface area contributed by atoms with E-state index in [2.05, 4.69) is 17.9 Å². The molecular weight excluding hydrogens is 124 g/mol. The van der Waals surface area contributed by atoms with Crippen molar-refractivity contribution in [2.24, 2.45) is 0 Å². The second-order valence-electron chi connectivity index (χ2n) is 1.88. The molecule has 0 aromatic heterocycles. The van der Waals surface area contributed by atoms with Gasteiger partial charge in [-0.1, -0.05) is 30.9 Å². The van der Waals surface area contributed by atoms with Gasteiger partial charge in [0.15, 0.2) is 0 Å². The maximum atomic E-state index is 4.31. The Morgan fingerprint density at radius 1 is 1.30 bits per heavy atom. The van der Waals surface area contributed by atoms with Crippen LogP contribution in [0.3, 0.4) is 0 Å². The Kier molecular flexibility index (Phi) is 12.8. The Morgan fingerprint density at radius 2 is 1.70 bits per heavy atom. The summed E-state index contributed by atoms with van der Waals surface area (Å²) in [6, 6.07) is 0. The summed E-state index contributed by atoms with van der Waals surface area (Å²) in [5.74, 6) is 0. The second-order valence-corrected chi connectivity index (χ2v) is 1.88. The lowest BCUT2D eigenvalue weighted by Crippen LogP contribution is -1.54. The zero-order valence-electron chi connectivity index (χ0n) is 7.05. The van der Waals surface area contributed by atoms with E-state index in [1.54, 1.807) is 13.2 Å². The highest BCUT2D eigenvalue weighted by molar-refractivity contribution is 5.04. The third kappa shape index (κ3) is 27.9. The monoisotopic (exact) mass is 140 g/mol. The van der Waals surface area contributed by atoms with Crippen molar-refractivity contribution in [2.75, 3.05) is 7.11 Å². The van der Waals surface area contributed by atoms with Crippen LogP contribution in [0.2, 0.25) is 0 Å². The normalized spacial score (nSPS) is 6.30. The van der Waals surface area contributed by atoms with Crippen LogP contribution in [-0.4, -0.2) is 7.11 Å². The molecule has 0 spiro atoms. The Balaban J connectivity index is 0. The highest BCUT2D eigenvalue weighted by atomic mass is 16.5. The van der Waals surface area contributed by atoms with Gasteiger partial charge in [-0.25, -0.2) is 0 Å². The number of methoxy groups -OCH3 is 1. The Bertz CT molecular complexity index is 108. The van der Waals surface area contributed by atoms with Gasteiger partial charge < -0.3 is 4.74 Å². The minimum atomic E-state index is 1.30. The van der Waals surface area contributed by atoms with Crippen LogP contribution >= 0.6 is 0 Å². The standard InChI is InChI=1S/C6H10.C3H6O/c1-4-5-6(2)3;1-3-4-2/h4-5H,1H2,2-3H3;3H,1H2,2H3. The van der Waals surface area contributed by atoms with Gasteiger partial charge in [0.25, 0.3) is 0 Å². The van der Waals surface area contributed by atoms with Crippen molar-refractivity contribution >= 4 is 0 Å². The van der Waals surface area contributed by atoms with E-state index in [9.17, 15) is 0 Å². The fourth-order valence-electron chi connectivity index (χ4n) is 0.236. The summed E-state index contributed by atoms with van der Waals surface area (Å²) >= 11 is 0. The first-order valence-electron chi connectivity index (χ1n) is 3.08. The maximum Gasteiger partial charge on any atom is 0.0766 e. The Hall–Kier alpha value is -0.980. The van der Waals surface area contributed by atoms with E-state index in [1.807, 2.05) is 19.9 Å². The van der Waals surface area contributed by atoms with Gasteiger partial charge in [0.05, 0.1) is 13.4 Å². The molecule has 1 nitrogen and oxygen atoms in total. The minimum Gasteiger partial charge on any atom is -0.505 e. The van der Waals surface area contributed by atoms with Gasteiger partial charge in [0, 0.05) is 0 Å². The van der Waals surface area contributed by atoms with Gasteiger partial charge >= 0.3 is 0 Å². The summed E-state index contributed by atoms with van der Waals surface area (Å²) in [5, 5.41) is 0. The van der Waals surface area contributed by atoms with Crippen molar-refractivity contribution in [3.8, 4) is 0 Å². The molecule has 0 unspecified atom stereocenters. The first-order valence-corrected chi connectivity index (χ1v) is 3.08. The van der Waals surface area contributed by atoms with Crippen LogP contribution < -0.4 is 0 Å². The van der Waals surface area contributed by atoms with E-state index in [0.29, 0.717) is 0 Å². The molecule has 10 heavy (non-hydrogen) atoms. The summed E-state index contributed by atoms with van der Waals surface area (Å²) in [4.78, 5) is 0. The highest BCUT2D eigenvalue weighted by Gasteiger charge is 1.63. The summed E-state index contributed by atoms with van der Waals surface area (Å²) in [6.45, 7) is 10.9. The second kappa shape index (κ2) is 10.9. The smallest absolute Gasteiger partial charge is 0.0766 e. The van der Waals surface area contributed by atoms with Gasteiger partial charge in [-0.15, -0.1) is 0 Å². The van der Waals surface area contributed by atoms with Crippen LogP contribution in [0.15, 0.2) is 37.1 Å². The number of ether oxygens (including phenoxy) is 1. The molecule has 0 bridgehead atoms. The van der Waals surface area contributed by atoms with Crippen LogP contribution in [0.1, 0.15) is 13.8 Å². The quantitative estimate of drug-likeness (QED) is 0.423. The summed E-state index contributed by atoms with van der Waals surface area (Å²) in [5.41, 5.74) is 1.30. The molecule has 0 aliphatic rings. The average Bonchev–Trinajstić information content (AvgIpc) is 1.89. The molecule has 0 aliphatic carbocycles. The molecular formula is C9H16O. The number of rotatable bonds is 2. The zero-order valence-corrected chi connectivity index (χ0v) is 7.05. The lowest BCUT2D eigenvalue weighted by atomic mass is 10.3. The third-order valence-electron chi connectivity index (χ3n) is 0.618. The Morgan fingerprint density at radius 3 is 1.70 bits per heavy atom. The fourth-order valence-corrected chi connectivity index (χ4v) is 0.236. The largest absolute Gasteiger partial charge is 0.505 e. The minimum absolute atomic E-state index is 1.30. The first-order chi connectivity index (χ1) is 4.68. The molecule has 0 radical (unpaired) electrons. The number of hydrogen-bond donors (Lipinski definition) is 0. The number of hydrogen-bond acceptors (Lipinski definition) is 1. The fraction of sp³-hybridized carbons (Fsp3) is 0.333. The van der Waals surface area contributed by atoms with Crippen molar-refractivity contribution in [1.82, 2.24) is 0 Å². The van der Waals surface area contributed by atoms with Crippen molar-refractivity contribution in [3.63, 3.8) is 0 Å². The molecule has 0 saturated heterocycles. The molecule has 1 heteroatoms. The molecule has 0 aromatic carbocycles. The SMILES string of the molecule is C=CC=C(C)C.C=COC. The molecule has 0 saturated carbocycles. The van der Waals surface area contributed by atoms with Gasteiger partial charge in [0.1, 0.15) is 0 Å². The molecule has 0 N–H and O–H groups in total. The van der Waals surface area contributed by atoms with E-state index in [1.165, 1.54) is 11.8 Å². The molecule has 0 heterocycles. The van der Waals surface area contributed by atoms with Crippen LogP contribution in [0.25, 0.3) is 0 Å². The van der Waals surface area contributed by atoms with Gasteiger partial charge in [-0.05, 0) is 13.8 Å². The summed E-state index contributed by atoms with van der Waals surface area (Å²) < 4.78 is 4.31. The van der Waals surface area contributed by atoms with Crippen molar-refractivity contribution in [2.45, 2.75) is 13.8 Å². The van der Waals surface area contributed by atoms with Crippen LogP contribution in [0, 0.1) is 0 Å². The maximum absolute atomic E-state index is 4.31. The van der Waals surface area contributed by atoms with E-state index in [-0.39, 0.29) is 0 Å². The first kappa shape index (κ1) is 11.8. The van der Waals surface area contributed by atoms with Crippen molar-refractivity contribution in [3.05, 3.63) is 37.1 Å². The zero-order chi connectivity index (χ0) is 8.41. The van der Waals surface area contributed by atoms with Crippen LogP contribution in [-0.2, 0) is 4.74 Å². The van der Waals surface area contributed by atoms with E-state index in [4.69, 9.17) is 0 Å². The highest BCUT2D eigenvalue weighted by Crippen LogP contribution is 1.85. The van der Waals surface area contributed by atoms with E-state index in [0.717, 1.165) is 0 Å². The van der Waals surface area contributed by atoms with Crippen molar-refractivity contribution < 1.29 is 4.74 Å². The Labute approximate surface area is 63.7 Å². The van der Waals surface area contributed by atoms with Gasteiger partial charge in [0.2, 0.25) is 0 Å². The summed E-state index contributed by atoms with van der Waals surface area (Å²) in [6.07, 6.45) is 5.13. The van der Waals surface area contributed by atoms with Crippen molar-refractivity contribution in [1.29, 1.82) is 0 Å². The molecule has 0 aromatic rings. The lowest BCUT2D eigenvalue weighted by molar-refractivity contribution is 0.339. The molecule has 0 aliphatic heterocycles. The van der Waals surface area contributed by atoms with E-state index >= 15 is 0 Å². The lowest BCUT2D eigenvalue weighted by Gasteiger charge is -1.76. The molecule has 0 amide bonds. The predicted molar refractivity (Wildman–Crippen MR) is 46.8 cm³/mol. The van der Waals surface area contributed by atoms with E-state index < -0.39 is 0 Å². The molecule has 0 rings (SSSR count). The van der Waals surface area contributed by atoms with Crippen LogP contribution in [0.5, 0.6) is 0 Å². The third-order valence-corrected chi connectivity index (χ3v) is 0.618. The predicted octanol–water partition coefficient (Wildman–Crippen LogP) is 2.91. The van der Waals surface area contributed by atoms with Gasteiger partial charge in [-0.2, -0.15) is 0 Å². The molecule has 58 valence electrons. The van der Waals surface area contributed by atoms with Gasteiger partial charge in [-0.3, -0.25) is 0 Å². The average molecular weight is 140 g/mol.